The van der Waals surface area contributed by atoms with Crippen molar-refractivity contribution in [1.29, 1.82) is 0 Å². The van der Waals surface area contributed by atoms with Crippen molar-refractivity contribution in [3.05, 3.63) is 101 Å². The molecular weight excluding hydrogens is 342 g/mol. The van der Waals surface area contributed by atoms with Gasteiger partial charge in [-0.25, -0.2) is 0 Å². The lowest BCUT2D eigenvalue weighted by molar-refractivity contribution is 0.953. The Balaban J connectivity index is 1.56. The summed E-state index contributed by atoms with van der Waals surface area (Å²) in [5.41, 5.74) is 14.7. The third kappa shape index (κ3) is 1.74. The molecule has 0 N–H and O–H groups in total. The standard InChI is InChI=1S/C25H17N3/c1-2-4-19-15(3-1)11-17-5-6-22-20(24(17)19)12-18-8-10-27-21-13-16-7-9-26-14-23(16)28(22)25(18)21/h1-10,14H,11-13H2. The Labute approximate surface area is 163 Å². The summed E-state index contributed by atoms with van der Waals surface area (Å²) in [6.45, 7) is 0. The first-order valence-electron chi connectivity index (χ1n) is 9.81. The number of hydrogen-bond acceptors (Lipinski definition) is 3. The number of rotatable bonds is 0. The molecule has 0 atom stereocenters. The first-order valence-corrected chi connectivity index (χ1v) is 9.81. The molecule has 3 heteroatoms. The highest BCUT2D eigenvalue weighted by atomic mass is 15.2. The van der Waals surface area contributed by atoms with Crippen LogP contribution >= 0.6 is 0 Å². The van der Waals surface area contributed by atoms with Crippen molar-refractivity contribution in [2.75, 3.05) is 4.90 Å². The third-order valence-corrected chi connectivity index (χ3v) is 6.44. The number of fused-ring (bicyclic) bond motifs is 8. The van der Waals surface area contributed by atoms with Gasteiger partial charge in [-0.05, 0) is 63.6 Å². The normalized spacial score (nSPS) is 14.6. The van der Waals surface area contributed by atoms with E-state index in [1.807, 2.05) is 18.6 Å². The van der Waals surface area contributed by atoms with Gasteiger partial charge >= 0.3 is 0 Å². The van der Waals surface area contributed by atoms with E-state index in [-0.39, 0.29) is 0 Å². The van der Waals surface area contributed by atoms with Gasteiger partial charge in [0, 0.05) is 25.2 Å². The SMILES string of the molecule is c1ccc2c(c1)Cc1ccc3c(c1-2)Cc1ccnc2c1N3c1cnccc1C2. The minimum absolute atomic E-state index is 0.876. The monoisotopic (exact) mass is 359 g/mol. The number of benzene rings is 2. The smallest absolute Gasteiger partial charge is 0.0716 e. The highest BCUT2D eigenvalue weighted by molar-refractivity contribution is 5.93. The summed E-state index contributed by atoms with van der Waals surface area (Å²) in [7, 11) is 0. The summed E-state index contributed by atoms with van der Waals surface area (Å²) in [5.74, 6) is 0. The van der Waals surface area contributed by atoms with Crippen LogP contribution in [-0.2, 0) is 19.3 Å². The molecule has 132 valence electrons. The maximum absolute atomic E-state index is 4.73. The second-order valence-corrected chi connectivity index (χ2v) is 7.89. The quantitative estimate of drug-likeness (QED) is 0.367. The predicted octanol–water partition coefficient (Wildman–Crippen LogP) is 5.33. The Hall–Kier alpha value is -3.46. The van der Waals surface area contributed by atoms with Crippen LogP contribution in [0.5, 0.6) is 0 Å². The van der Waals surface area contributed by atoms with E-state index in [9.17, 15) is 0 Å². The van der Waals surface area contributed by atoms with Gasteiger partial charge in [0.25, 0.3) is 0 Å². The molecule has 2 aromatic heterocycles. The zero-order chi connectivity index (χ0) is 18.2. The summed E-state index contributed by atoms with van der Waals surface area (Å²) < 4.78 is 0. The van der Waals surface area contributed by atoms with Crippen molar-refractivity contribution in [2.24, 2.45) is 0 Å². The second kappa shape index (κ2) is 5.08. The molecule has 0 spiro atoms. The van der Waals surface area contributed by atoms with E-state index in [1.165, 1.54) is 61.7 Å². The van der Waals surface area contributed by atoms with Crippen LogP contribution in [0.2, 0.25) is 0 Å². The van der Waals surface area contributed by atoms with E-state index in [1.54, 1.807) is 0 Å². The van der Waals surface area contributed by atoms with Crippen molar-refractivity contribution in [1.82, 2.24) is 9.97 Å². The first-order chi connectivity index (χ1) is 13.9. The number of pyridine rings is 2. The van der Waals surface area contributed by atoms with Crippen LogP contribution in [0.15, 0.2) is 67.1 Å². The van der Waals surface area contributed by atoms with Gasteiger partial charge < -0.3 is 4.90 Å². The van der Waals surface area contributed by atoms with Crippen LogP contribution < -0.4 is 4.90 Å². The van der Waals surface area contributed by atoms with Crippen LogP contribution in [-0.4, -0.2) is 9.97 Å². The number of hydrogen-bond donors (Lipinski definition) is 0. The molecule has 1 aliphatic carbocycles. The summed E-state index contributed by atoms with van der Waals surface area (Å²) >= 11 is 0. The molecule has 7 rings (SSSR count). The second-order valence-electron chi connectivity index (χ2n) is 7.89. The molecule has 0 amide bonds. The van der Waals surface area contributed by atoms with E-state index in [4.69, 9.17) is 4.98 Å². The molecule has 3 aliphatic rings. The first kappa shape index (κ1) is 14.6. The van der Waals surface area contributed by atoms with Crippen LogP contribution in [0, 0.1) is 0 Å². The predicted molar refractivity (Wildman–Crippen MR) is 111 cm³/mol. The van der Waals surface area contributed by atoms with E-state index < -0.39 is 0 Å². The van der Waals surface area contributed by atoms with Crippen molar-refractivity contribution in [3.8, 4) is 11.1 Å². The largest absolute Gasteiger partial charge is 0.306 e. The highest BCUT2D eigenvalue weighted by Gasteiger charge is 2.35. The summed E-state index contributed by atoms with van der Waals surface area (Å²) in [5, 5.41) is 0. The van der Waals surface area contributed by atoms with Gasteiger partial charge in [-0.3, -0.25) is 9.97 Å². The molecule has 0 saturated carbocycles. The summed E-state index contributed by atoms with van der Waals surface area (Å²) in [4.78, 5) is 11.6. The van der Waals surface area contributed by atoms with Gasteiger partial charge in [-0.2, -0.15) is 0 Å². The lowest BCUT2D eigenvalue weighted by Gasteiger charge is -2.39. The molecule has 4 heterocycles. The van der Waals surface area contributed by atoms with Crippen molar-refractivity contribution in [2.45, 2.75) is 19.3 Å². The Kier molecular flexibility index (Phi) is 2.64. The van der Waals surface area contributed by atoms with E-state index >= 15 is 0 Å². The van der Waals surface area contributed by atoms with E-state index in [2.05, 4.69) is 58.4 Å². The fourth-order valence-electron chi connectivity index (χ4n) is 5.27. The molecule has 4 aromatic rings. The molecule has 28 heavy (non-hydrogen) atoms. The lowest BCUT2D eigenvalue weighted by atomic mass is 9.86. The Morgan fingerprint density at radius 2 is 1.64 bits per heavy atom. The van der Waals surface area contributed by atoms with Gasteiger partial charge in [-0.1, -0.05) is 30.3 Å². The van der Waals surface area contributed by atoms with Crippen LogP contribution in [0.25, 0.3) is 11.1 Å². The average Bonchev–Trinajstić information content (AvgIpc) is 3.12. The zero-order valence-corrected chi connectivity index (χ0v) is 15.3. The van der Waals surface area contributed by atoms with Crippen LogP contribution in [0.4, 0.5) is 17.1 Å². The third-order valence-electron chi connectivity index (χ3n) is 6.44. The maximum atomic E-state index is 4.73. The molecule has 0 bridgehead atoms. The maximum Gasteiger partial charge on any atom is 0.0716 e. The van der Waals surface area contributed by atoms with Crippen LogP contribution in [0.3, 0.4) is 0 Å². The number of anilines is 3. The molecular formula is C25H17N3. The Morgan fingerprint density at radius 3 is 2.64 bits per heavy atom. The number of nitrogens with zero attached hydrogens (tertiary/aromatic N) is 3. The van der Waals surface area contributed by atoms with Gasteiger partial charge in [-0.15, -0.1) is 0 Å². The van der Waals surface area contributed by atoms with Gasteiger partial charge in [0.05, 0.1) is 29.0 Å². The highest BCUT2D eigenvalue weighted by Crippen LogP contribution is 2.53. The molecule has 3 nitrogen and oxygen atoms in total. The van der Waals surface area contributed by atoms with Crippen molar-refractivity contribution in [3.63, 3.8) is 0 Å². The average molecular weight is 359 g/mol. The topological polar surface area (TPSA) is 29.0 Å². The van der Waals surface area contributed by atoms with E-state index in [0.29, 0.717) is 0 Å². The van der Waals surface area contributed by atoms with Gasteiger partial charge in [0.2, 0.25) is 0 Å². The summed E-state index contributed by atoms with van der Waals surface area (Å²) in [6.07, 6.45) is 8.74. The fraction of sp³-hybridized carbons (Fsp3) is 0.120. The zero-order valence-electron chi connectivity index (χ0n) is 15.3. The van der Waals surface area contributed by atoms with E-state index in [0.717, 1.165) is 19.3 Å². The Morgan fingerprint density at radius 1 is 0.714 bits per heavy atom. The van der Waals surface area contributed by atoms with Crippen molar-refractivity contribution >= 4 is 17.1 Å². The molecule has 2 aromatic carbocycles. The molecule has 2 aliphatic heterocycles. The Bertz CT molecular complexity index is 1310. The molecule has 0 fully saturated rings. The van der Waals surface area contributed by atoms with Crippen LogP contribution in [0.1, 0.15) is 33.5 Å². The fourth-order valence-corrected chi connectivity index (χ4v) is 5.27. The molecule has 0 unspecified atom stereocenters. The lowest BCUT2D eigenvalue weighted by Crippen LogP contribution is -2.26. The molecule has 0 radical (unpaired) electrons. The minimum atomic E-state index is 0.876. The number of aromatic nitrogens is 2. The van der Waals surface area contributed by atoms with Gasteiger partial charge in [0.15, 0.2) is 0 Å². The summed E-state index contributed by atoms with van der Waals surface area (Å²) in [6, 6.07) is 17.8. The minimum Gasteiger partial charge on any atom is -0.306 e. The molecule has 0 saturated heterocycles. The van der Waals surface area contributed by atoms with Gasteiger partial charge in [0.1, 0.15) is 0 Å². The van der Waals surface area contributed by atoms with Crippen molar-refractivity contribution < 1.29 is 0 Å².